The fourth-order valence-corrected chi connectivity index (χ4v) is 4.27. The smallest absolute Gasteiger partial charge is 0.256 e. The van der Waals surface area contributed by atoms with E-state index in [0.717, 1.165) is 30.4 Å². The summed E-state index contributed by atoms with van der Waals surface area (Å²) in [6.45, 7) is 4.12. The fraction of sp³-hybridized carbons (Fsp3) is 0.348. The molecule has 2 N–H and O–H groups in total. The number of amides is 1. The van der Waals surface area contributed by atoms with Gasteiger partial charge in [0, 0.05) is 5.56 Å². The molecule has 2 aromatic carbocycles. The lowest BCUT2D eigenvalue weighted by atomic mass is 9.93. The number of nitrogens with zero attached hydrogens (tertiary/aromatic N) is 2. The molecule has 1 fully saturated rings. The zero-order valence-electron chi connectivity index (χ0n) is 17.5. The molecule has 1 aliphatic rings. The van der Waals surface area contributed by atoms with Crippen molar-refractivity contribution in [2.75, 3.05) is 25.5 Å². The zero-order chi connectivity index (χ0) is 21.8. The Balaban J connectivity index is 1.63. The fourth-order valence-electron chi connectivity index (χ4n) is 3.86. The number of ether oxygens (including phenoxy) is 2. The molecule has 1 unspecified atom stereocenters. The molecule has 2 heterocycles. The van der Waals surface area contributed by atoms with Crippen LogP contribution in [0, 0.1) is 5.92 Å². The molecule has 1 amide bonds. The molecular formula is C23H25BrN4O3. The Hall–Kier alpha value is -2.71. The molecule has 0 saturated carbocycles. The molecular weight excluding hydrogens is 460 g/mol. The summed E-state index contributed by atoms with van der Waals surface area (Å²) in [4.78, 5) is 21.6. The number of rotatable bonds is 6. The number of carbonyl (C=O) groups excluding carboxylic acids is 1. The van der Waals surface area contributed by atoms with Crippen LogP contribution in [-0.2, 0) is 0 Å². The van der Waals surface area contributed by atoms with Crippen LogP contribution in [-0.4, -0.2) is 42.2 Å². The molecule has 0 bridgehead atoms. The topological polar surface area (TPSA) is 85.4 Å². The third-order valence-electron chi connectivity index (χ3n) is 5.63. The maximum atomic E-state index is 12.9. The van der Waals surface area contributed by atoms with E-state index in [-0.39, 0.29) is 12.0 Å². The number of hydrogen-bond donors (Lipinski definition) is 2. The third-order valence-corrected chi connectivity index (χ3v) is 6.29. The van der Waals surface area contributed by atoms with E-state index in [4.69, 9.17) is 9.47 Å². The Kier molecular flexibility index (Phi) is 6.67. The average molecular weight is 485 g/mol. The van der Waals surface area contributed by atoms with Gasteiger partial charge in [0.05, 0.1) is 28.6 Å². The van der Waals surface area contributed by atoms with Crippen molar-refractivity contribution < 1.29 is 14.3 Å². The highest BCUT2D eigenvalue weighted by Crippen LogP contribution is 2.33. The van der Waals surface area contributed by atoms with Gasteiger partial charge in [-0.3, -0.25) is 4.79 Å². The molecule has 1 atom stereocenters. The summed E-state index contributed by atoms with van der Waals surface area (Å²) in [7, 11) is 1.56. The van der Waals surface area contributed by atoms with Gasteiger partial charge < -0.3 is 20.1 Å². The second-order valence-electron chi connectivity index (χ2n) is 7.59. The number of nitrogens with one attached hydrogen (secondary N) is 2. The minimum Gasteiger partial charge on any atom is -0.496 e. The summed E-state index contributed by atoms with van der Waals surface area (Å²) in [6.07, 6.45) is 3.65. The Morgan fingerprint density at radius 1 is 1.19 bits per heavy atom. The largest absolute Gasteiger partial charge is 0.496 e. The summed E-state index contributed by atoms with van der Waals surface area (Å²) in [6, 6.07) is 10.9. The highest BCUT2D eigenvalue weighted by atomic mass is 79.9. The van der Waals surface area contributed by atoms with Crippen molar-refractivity contribution in [2.24, 2.45) is 5.92 Å². The predicted molar refractivity (Wildman–Crippen MR) is 124 cm³/mol. The van der Waals surface area contributed by atoms with E-state index in [1.54, 1.807) is 25.3 Å². The number of methoxy groups -OCH3 is 1. The van der Waals surface area contributed by atoms with Crippen molar-refractivity contribution >= 4 is 38.6 Å². The molecule has 4 rings (SSSR count). The van der Waals surface area contributed by atoms with Gasteiger partial charge in [0.25, 0.3) is 5.91 Å². The number of benzene rings is 2. The molecule has 0 radical (unpaired) electrons. The maximum absolute atomic E-state index is 12.9. The van der Waals surface area contributed by atoms with E-state index < -0.39 is 0 Å². The summed E-state index contributed by atoms with van der Waals surface area (Å²) < 4.78 is 12.4. The molecule has 0 aliphatic carbocycles. The standard InChI is InChI=1S/C23H25BrN4O3/c1-14(15-8-10-25-11-9-15)31-19-5-3-4-18-21(19)22(27-13-26-18)28-23(29)16-6-7-17(24)20(12-16)30-2/h3-7,12-15,25H,8-11H2,1-2H3,(H,26,27,28,29). The predicted octanol–water partition coefficient (Wildman–Crippen LogP) is 4.42. The average Bonchev–Trinajstić information content (AvgIpc) is 2.80. The second kappa shape index (κ2) is 9.62. The van der Waals surface area contributed by atoms with Crippen LogP contribution in [0.1, 0.15) is 30.1 Å². The van der Waals surface area contributed by atoms with Crippen LogP contribution >= 0.6 is 15.9 Å². The lowest BCUT2D eigenvalue weighted by Gasteiger charge is -2.29. The number of carbonyl (C=O) groups is 1. The lowest BCUT2D eigenvalue weighted by Crippen LogP contribution is -2.35. The van der Waals surface area contributed by atoms with E-state index in [1.807, 2.05) is 18.2 Å². The Bertz CT molecular complexity index is 1080. The van der Waals surface area contributed by atoms with E-state index in [1.165, 1.54) is 6.33 Å². The van der Waals surface area contributed by atoms with E-state index in [9.17, 15) is 4.79 Å². The molecule has 162 valence electrons. The first-order valence-corrected chi connectivity index (χ1v) is 11.1. The van der Waals surface area contributed by atoms with Crippen LogP contribution in [0.3, 0.4) is 0 Å². The Morgan fingerprint density at radius 3 is 2.77 bits per heavy atom. The van der Waals surface area contributed by atoms with Crippen molar-refractivity contribution in [3.05, 3.63) is 52.8 Å². The van der Waals surface area contributed by atoms with Gasteiger partial charge in [-0.1, -0.05) is 6.07 Å². The van der Waals surface area contributed by atoms with Gasteiger partial charge in [-0.2, -0.15) is 0 Å². The van der Waals surface area contributed by atoms with Crippen LogP contribution in [0.25, 0.3) is 10.9 Å². The van der Waals surface area contributed by atoms with Crippen molar-refractivity contribution in [1.29, 1.82) is 0 Å². The van der Waals surface area contributed by atoms with Gasteiger partial charge in [0.15, 0.2) is 0 Å². The van der Waals surface area contributed by atoms with E-state index in [2.05, 4.69) is 43.5 Å². The normalized spacial score (nSPS) is 15.5. The maximum Gasteiger partial charge on any atom is 0.256 e. The molecule has 1 aromatic heterocycles. The summed E-state index contributed by atoms with van der Waals surface area (Å²) in [5.74, 6) is 1.87. The van der Waals surface area contributed by atoms with Crippen molar-refractivity contribution in [1.82, 2.24) is 15.3 Å². The van der Waals surface area contributed by atoms with Crippen LogP contribution in [0.4, 0.5) is 5.82 Å². The van der Waals surface area contributed by atoms with Gasteiger partial charge in [0.1, 0.15) is 23.6 Å². The molecule has 8 heteroatoms. The molecule has 1 aliphatic heterocycles. The third kappa shape index (κ3) is 4.80. The summed E-state index contributed by atoms with van der Waals surface area (Å²) in [5.41, 5.74) is 1.18. The first kappa shape index (κ1) is 21.5. The number of halogens is 1. The first-order chi connectivity index (χ1) is 15.1. The number of anilines is 1. The van der Waals surface area contributed by atoms with Crippen molar-refractivity contribution in [3.63, 3.8) is 0 Å². The molecule has 7 nitrogen and oxygen atoms in total. The van der Waals surface area contributed by atoms with Gasteiger partial charge in [0.2, 0.25) is 0 Å². The minimum atomic E-state index is -0.285. The molecule has 31 heavy (non-hydrogen) atoms. The molecule has 0 spiro atoms. The summed E-state index contributed by atoms with van der Waals surface area (Å²) in [5, 5.41) is 7.00. The monoisotopic (exact) mass is 484 g/mol. The van der Waals surface area contributed by atoms with Crippen molar-refractivity contribution in [2.45, 2.75) is 25.9 Å². The van der Waals surface area contributed by atoms with E-state index in [0.29, 0.717) is 39.7 Å². The number of fused-ring (bicyclic) bond motifs is 1. The Morgan fingerprint density at radius 2 is 2.00 bits per heavy atom. The van der Waals surface area contributed by atoms with Crippen molar-refractivity contribution in [3.8, 4) is 11.5 Å². The number of hydrogen-bond acceptors (Lipinski definition) is 6. The van der Waals surface area contributed by atoms with Crippen LogP contribution in [0.2, 0.25) is 0 Å². The lowest BCUT2D eigenvalue weighted by molar-refractivity contribution is 0.102. The van der Waals surface area contributed by atoms with Gasteiger partial charge in [-0.25, -0.2) is 9.97 Å². The quantitative estimate of drug-likeness (QED) is 0.538. The Labute approximate surface area is 189 Å². The minimum absolute atomic E-state index is 0.0483. The molecule has 3 aromatic rings. The van der Waals surface area contributed by atoms with Gasteiger partial charge in [-0.05, 0) is 85.0 Å². The van der Waals surface area contributed by atoms with E-state index >= 15 is 0 Å². The van der Waals surface area contributed by atoms with Gasteiger partial charge >= 0.3 is 0 Å². The number of piperidine rings is 1. The summed E-state index contributed by atoms with van der Waals surface area (Å²) >= 11 is 3.41. The zero-order valence-corrected chi connectivity index (χ0v) is 19.1. The van der Waals surface area contributed by atoms with Crippen LogP contribution < -0.4 is 20.1 Å². The SMILES string of the molecule is COc1cc(C(=O)Nc2ncnc3cccc(OC(C)C4CCNCC4)c23)ccc1Br. The highest BCUT2D eigenvalue weighted by molar-refractivity contribution is 9.10. The number of aromatic nitrogens is 2. The van der Waals surface area contributed by atoms with Crippen LogP contribution in [0.5, 0.6) is 11.5 Å². The van der Waals surface area contributed by atoms with Crippen LogP contribution in [0.15, 0.2) is 47.2 Å². The first-order valence-electron chi connectivity index (χ1n) is 10.3. The highest BCUT2D eigenvalue weighted by Gasteiger charge is 2.23. The van der Waals surface area contributed by atoms with Gasteiger partial charge in [-0.15, -0.1) is 0 Å². The second-order valence-corrected chi connectivity index (χ2v) is 8.44. The molecule has 1 saturated heterocycles.